The Balaban J connectivity index is 0.000000269. The molecule has 12 heteroatoms. The summed E-state index contributed by atoms with van der Waals surface area (Å²) in [5, 5.41) is 25.0. The van der Waals surface area contributed by atoms with Gasteiger partial charge in [-0.1, -0.05) is 41.9 Å². The van der Waals surface area contributed by atoms with E-state index in [2.05, 4.69) is 35.9 Å². The molecule has 11 nitrogen and oxygen atoms in total. The Bertz CT molecular complexity index is 1170. The van der Waals surface area contributed by atoms with Crippen molar-refractivity contribution in [2.45, 2.75) is 6.42 Å². The number of hydrogen-bond acceptors (Lipinski definition) is 9. The lowest BCUT2D eigenvalue weighted by Gasteiger charge is -2.08. The first-order chi connectivity index (χ1) is 15.5. The molecule has 2 heterocycles. The second-order valence-corrected chi connectivity index (χ2v) is 6.78. The Morgan fingerprint density at radius 2 is 1.97 bits per heavy atom. The number of hydrogen-bond donors (Lipinski definition) is 5. The number of primary amides is 1. The number of aliphatic hydroxyl groups excluding tert-OH is 1. The summed E-state index contributed by atoms with van der Waals surface area (Å²) in [6.45, 7) is 0.240. The fourth-order valence-electron chi connectivity index (χ4n) is 2.60. The molecule has 0 saturated heterocycles. The van der Waals surface area contributed by atoms with Crippen LogP contribution in [0.1, 0.15) is 15.9 Å². The third kappa shape index (κ3) is 5.97. The van der Waals surface area contributed by atoms with Crippen LogP contribution in [0.5, 0.6) is 0 Å². The third-order valence-electron chi connectivity index (χ3n) is 4.14. The molecular weight excluding hydrogens is 434 g/mol. The predicted octanol–water partition coefficient (Wildman–Crippen LogP) is 1.96. The van der Waals surface area contributed by atoms with Crippen LogP contribution in [0.4, 0.5) is 17.5 Å². The first-order valence-electron chi connectivity index (χ1n) is 9.35. The van der Waals surface area contributed by atoms with Crippen LogP contribution in [-0.4, -0.2) is 48.2 Å². The second kappa shape index (κ2) is 10.8. The Hall–Kier alpha value is -4.09. The molecule has 7 N–H and O–H groups in total. The van der Waals surface area contributed by atoms with E-state index in [1.54, 1.807) is 6.07 Å². The van der Waals surface area contributed by atoms with E-state index in [-0.39, 0.29) is 29.0 Å². The number of amides is 1. The van der Waals surface area contributed by atoms with Gasteiger partial charge in [0.2, 0.25) is 17.7 Å². The predicted molar refractivity (Wildman–Crippen MR) is 120 cm³/mol. The summed E-state index contributed by atoms with van der Waals surface area (Å²) in [7, 11) is 0. The van der Waals surface area contributed by atoms with Crippen molar-refractivity contribution in [3.8, 4) is 11.4 Å². The lowest BCUT2D eigenvalue weighted by molar-refractivity contribution is 0.100. The summed E-state index contributed by atoms with van der Waals surface area (Å²) in [5.41, 5.74) is 13.5. The first-order valence-corrected chi connectivity index (χ1v) is 9.73. The van der Waals surface area contributed by atoms with Crippen LogP contribution < -0.4 is 16.8 Å². The smallest absolute Gasteiger partial charge is 0.250 e. The SMILES string of the molecule is NC(=O)c1ccc(Nc2ncc(-c3nn[nH]n3)c(N)n2)cc1Cl.OCCc1ccccc1. The first kappa shape index (κ1) is 22.6. The lowest BCUT2D eigenvalue weighted by atomic mass is 10.2. The summed E-state index contributed by atoms with van der Waals surface area (Å²) < 4.78 is 0. The molecule has 4 rings (SSSR count). The second-order valence-electron chi connectivity index (χ2n) is 6.37. The third-order valence-corrected chi connectivity index (χ3v) is 4.45. The maximum Gasteiger partial charge on any atom is 0.250 e. The highest BCUT2D eigenvalue weighted by Crippen LogP contribution is 2.24. The summed E-state index contributed by atoms with van der Waals surface area (Å²) in [5.74, 6) is 0.121. The van der Waals surface area contributed by atoms with Gasteiger partial charge in [-0.15, -0.1) is 10.2 Å². The number of benzene rings is 2. The highest BCUT2D eigenvalue weighted by atomic mass is 35.5. The molecule has 0 fully saturated rings. The van der Waals surface area contributed by atoms with Crippen LogP contribution in [-0.2, 0) is 6.42 Å². The quantitative estimate of drug-likeness (QED) is 0.291. The summed E-state index contributed by atoms with van der Waals surface area (Å²) in [4.78, 5) is 19.4. The van der Waals surface area contributed by atoms with Crippen LogP contribution in [0.15, 0.2) is 54.7 Å². The molecule has 2 aromatic carbocycles. The van der Waals surface area contributed by atoms with Gasteiger partial charge in [-0.25, -0.2) is 4.98 Å². The molecule has 0 aliphatic heterocycles. The van der Waals surface area contributed by atoms with E-state index in [0.717, 1.165) is 6.42 Å². The van der Waals surface area contributed by atoms with Crippen molar-refractivity contribution in [1.82, 2.24) is 30.6 Å². The number of carbonyl (C=O) groups excluding carboxylic acids is 1. The molecule has 32 heavy (non-hydrogen) atoms. The van der Waals surface area contributed by atoms with Crippen LogP contribution in [0.25, 0.3) is 11.4 Å². The largest absolute Gasteiger partial charge is 0.396 e. The lowest BCUT2D eigenvalue weighted by Crippen LogP contribution is -2.11. The number of anilines is 3. The summed E-state index contributed by atoms with van der Waals surface area (Å²) in [6.07, 6.45) is 2.23. The number of nitrogens with two attached hydrogens (primary N) is 2. The van der Waals surface area contributed by atoms with Crippen molar-refractivity contribution < 1.29 is 9.90 Å². The molecular formula is C20H20ClN9O2. The number of carbonyl (C=O) groups is 1. The van der Waals surface area contributed by atoms with E-state index in [0.29, 0.717) is 17.1 Å². The minimum absolute atomic E-state index is 0.184. The van der Waals surface area contributed by atoms with E-state index in [1.807, 2.05) is 30.3 Å². The zero-order valence-electron chi connectivity index (χ0n) is 16.7. The van der Waals surface area contributed by atoms with Gasteiger partial charge in [-0.2, -0.15) is 10.2 Å². The van der Waals surface area contributed by atoms with Gasteiger partial charge < -0.3 is 21.9 Å². The van der Waals surface area contributed by atoms with Gasteiger partial charge in [0.15, 0.2) is 0 Å². The number of nitrogens with zero attached hydrogens (tertiary/aromatic N) is 5. The highest BCUT2D eigenvalue weighted by molar-refractivity contribution is 6.34. The van der Waals surface area contributed by atoms with Gasteiger partial charge in [0.05, 0.1) is 16.1 Å². The molecule has 0 aliphatic carbocycles. The van der Waals surface area contributed by atoms with Crippen LogP contribution >= 0.6 is 11.6 Å². The van der Waals surface area contributed by atoms with Gasteiger partial charge >= 0.3 is 0 Å². The number of nitrogens with one attached hydrogen (secondary N) is 2. The molecule has 0 radical (unpaired) electrons. The van der Waals surface area contributed by atoms with Crippen molar-refractivity contribution in [3.63, 3.8) is 0 Å². The number of halogens is 1. The number of rotatable bonds is 6. The minimum atomic E-state index is -0.605. The Morgan fingerprint density at radius 3 is 2.56 bits per heavy atom. The minimum Gasteiger partial charge on any atom is -0.396 e. The average molecular weight is 454 g/mol. The number of aromatic nitrogens is 6. The molecule has 1 amide bonds. The van der Waals surface area contributed by atoms with Gasteiger partial charge in [0.1, 0.15) is 5.82 Å². The molecule has 4 aromatic rings. The molecule has 0 saturated carbocycles. The molecule has 0 unspecified atom stereocenters. The normalized spacial score (nSPS) is 10.2. The number of H-pyrrole nitrogens is 1. The van der Waals surface area contributed by atoms with E-state index in [9.17, 15) is 4.79 Å². The summed E-state index contributed by atoms with van der Waals surface area (Å²) >= 11 is 5.98. The average Bonchev–Trinajstić information content (AvgIpc) is 3.30. The van der Waals surface area contributed by atoms with Crippen molar-refractivity contribution >= 4 is 35.0 Å². The van der Waals surface area contributed by atoms with Crippen LogP contribution in [0.3, 0.4) is 0 Å². The number of aromatic amines is 1. The maximum atomic E-state index is 11.1. The fourth-order valence-corrected chi connectivity index (χ4v) is 2.87. The van der Waals surface area contributed by atoms with Gasteiger partial charge in [0, 0.05) is 18.5 Å². The van der Waals surface area contributed by atoms with E-state index < -0.39 is 5.91 Å². The molecule has 0 aliphatic rings. The standard InChI is InChI=1S/C12H10ClN9O.C8H10O/c13-8-3-5(1-2-6(8)10(15)23)17-12-16-4-7(9(14)18-12)11-19-21-22-20-11;9-7-6-8-4-2-1-3-5-8/h1-4H,(H2,15,23)(H3,14,16,17,18)(H,19,20,21,22);1-5,9H,6-7H2. The number of aliphatic hydroxyl groups is 1. The van der Waals surface area contributed by atoms with Gasteiger partial charge in [-0.3, -0.25) is 4.79 Å². The van der Waals surface area contributed by atoms with Crippen molar-refractivity contribution in [2.75, 3.05) is 17.7 Å². The molecule has 0 atom stereocenters. The summed E-state index contributed by atoms with van der Waals surface area (Å²) in [6, 6.07) is 14.6. The van der Waals surface area contributed by atoms with Gasteiger partial charge in [-0.05, 0) is 35.4 Å². The van der Waals surface area contributed by atoms with Crippen LogP contribution in [0.2, 0.25) is 5.02 Å². The van der Waals surface area contributed by atoms with E-state index in [1.165, 1.54) is 23.9 Å². The molecule has 164 valence electrons. The van der Waals surface area contributed by atoms with Gasteiger partial charge in [0.25, 0.3) is 0 Å². The number of tetrazole rings is 1. The molecule has 0 bridgehead atoms. The Labute approximate surface area is 187 Å². The molecule has 0 spiro atoms. The number of nitrogen functional groups attached to an aromatic ring is 1. The van der Waals surface area contributed by atoms with Crippen molar-refractivity contribution in [1.29, 1.82) is 0 Å². The highest BCUT2D eigenvalue weighted by Gasteiger charge is 2.12. The van der Waals surface area contributed by atoms with Crippen molar-refractivity contribution in [3.05, 3.63) is 70.9 Å². The zero-order valence-corrected chi connectivity index (χ0v) is 17.5. The zero-order chi connectivity index (χ0) is 22.9. The van der Waals surface area contributed by atoms with Crippen LogP contribution in [0, 0.1) is 0 Å². The maximum absolute atomic E-state index is 11.1. The van der Waals surface area contributed by atoms with Crippen molar-refractivity contribution in [2.24, 2.45) is 5.73 Å². The molecule has 2 aromatic heterocycles. The fraction of sp³-hybridized carbons (Fsp3) is 0.100. The topological polar surface area (TPSA) is 182 Å². The van der Waals surface area contributed by atoms with E-state index in [4.69, 9.17) is 28.2 Å². The Kier molecular flexibility index (Phi) is 7.62. The Morgan fingerprint density at radius 1 is 1.19 bits per heavy atom. The monoisotopic (exact) mass is 453 g/mol. The van der Waals surface area contributed by atoms with E-state index >= 15 is 0 Å².